The lowest BCUT2D eigenvalue weighted by Gasteiger charge is -2.15. The van der Waals surface area contributed by atoms with Crippen LogP contribution in [0.3, 0.4) is 0 Å². The Kier molecular flexibility index (Phi) is 4.23. The molecule has 1 N–H and O–H groups in total. The summed E-state index contributed by atoms with van der Waals surface area (Å²) < 4.78 is 13.2. The van der Waals surface area contributed by atoms with Crippen LogP contribution in [0.4, 0.5) is 5.82 Å². The van der Waals surface area contributed by atoms with Crippen LogP contribution in [-0.4, -0.2) is 23.1 Å². The Labute approximate surface area is 165 Å². The largest absolute Gasteiger partial charge is 0.454 e. The third-order valence-electron chi connectivity index (χ3n) is 5.56. The van der Waals surface area contributed by atoms with Gasteiger partial charge >= 0.3 is 0 Å². The minimum Gasteiger partial charge on any atom is -0.454 e. The van der Waals surface area contributed by atoms with Crippen molar-refractivity contribution in [3.63, 3.8) is 0 Å². The van der Waals surface area contributed by atoms with Crippen LogP contribution in [0.5, 0.6) is 11.5 Å². The Morgan fingerprint density at radius 1 is 1.04 bits per heavy atom. The van der Waals surface area contributed by atoms with Gasteiger partial charge in [-0.3, -0.25) is 0 Å². The molecule has 2 aliphatic heterocycles. The van der Waals surface area contributed by atoms with Gasteiger partial charge in [0.15, 0.2) is 11.5 Å². The predicted octanol–water partition coefficient (Wildman–Crippen LogP) is 5.14. The van der Waals surface area contributed by atoms with Gasteiger partial charge in [0.05, 0.1) is 11.4 Å². The van der Waals surface area contributed by atoms with Crippen LogP contribution in [0.1, 0.15) is 43.7 Å². The van der Waals surface area contributed by atoms with Gasteiger partial charge in [0, 0.05) is 17.7 Å². The fraction of sp³-hybridized carbons (Fsp3) is 0.348. The molecule has 0 amide bonds. The highest BCUT2D eigenvalue weighted by atomic mass is 16.7. The van der Waals surface area contributed by atoms with Gasteiger partial charge in [0.2, 0.25) is 6.79 Å². The summed E-state index contributed by atoms with van der Waals surface area (Å²) in [5.74, 6) is 3.15. The van der Waals surface area contributed by atoms with Crippen LogP contribution >= 0.6 is 0 Å². The molecule has 1 aromatic heterocycles. The van der Waals surface area contributed by atoms with E-state index >= 15 is 0 Å². The fourth-order valence-corrected chi connectivity index (χ4v) is 4.12. The topological polar surface area (TPSA) is 48.3 Å². The van der Waals surface area contributed by atoms with E-state index in [-0.39, 0.29) is 6.79 Å². The third-order valence-corrected chi connectivity index (χ3v) is 5.56. The molecule has 5 rings (SSSR count). The number of aromatic nitrogens is 2. The molecule has 0 aliphatic carbocycles. The third kappa shape index (κ3) is 2.82. The molecule has 28 heavy (non-hydrogen) atoms. The van der Waals surface area contributed by atoms with Crippen molar-refractivity contribution in [3.8, 4) is 28.4 Å². The van der Waals surface area contributed by atoms with E-state index in [4.69, 9.17) is 14.6 Å². The molecular formula is C23H25N3O2. The SMILES string of the molecule is CC(C)c1ccccc1-n1nc(-c2ccc3c(c2)OCO3)c2c1NCCCC2. The van der Waals surface area contributed by atoms with E-state index in [1.54, 1.807) is 0 Å². The summed E-state index contributed by atoms with van der Waals surface area (Å²) in [6.07, 6.45) is 3.35. The zero-order chi connectivity index (χ0) is 19.1. The quantitative estimate of drug-likeness (QED) is 0.689. The molecule has 0 fully saturated rings. The summed E-state index contributed by atoms with van der Waals surface area (Å²) >= 11 is 0. The van der Waals surface area contributed by atoms with E-state index < -0.39 is 0 Å². The molecule has 0 radical (unpaired) electrons. The summed E-state index contributed by atoms with van der Waals surface area (Å²) in [6, 6.07) is 14.7. The van der Waals surface area contributed by atoms with Crippen molar-refractivity contribution in [1.82, 2.24) is 9.78 Å². The lowest BCUT2D eigenvalue weighted by atomic mass is 10.0. The van der Waals surface area contributed by atoms with Crippen molar-refractivity contribution in [3.05, 3.63) is 53.6 Å². The number of hydrogen-bond acceptors (Lipinski definition) is 4. The van der Waals surface area contributed by atoms with Crippen molar-refractivity contribution >= 4 is 5.82 Å². The van der Waals surface area contributed by atoms with Crippen molar-refractivity contribution < 1.29 is 9.47 Å². The first-order valence-electron chi connectivity index (χ1n) is 10.1. The maximum absolute atomic E-state index is 5.60. The zero-order valence-electron chi connectivity index (χ0n) is 16.4. The number of nitrogens with zero attached hydrogens (tertiary/aromatic N) is 2. The number of para-hydroxylation sites is 1. The highest BCUT2D eigenvalue weighted by Gasteiger charge is 2.24. The monoisotopic (exact) mass is 375 g/mol. The van der Waals surface area contributed by atoms with E-state index in [2.05, 4.69) is 60.2 Å². The second-order valence-electron chi connectivity index (χ2n) is 7.75. The summed E-state index contributed by atoms with van der Waals surface area (Å²) in [5.41, 5.74) is 5.84. The molecule has 0 spiro atoms. The lowest BCUT2D eigenvalue weighted by Crippen LogP contribution is -2.09. The summed E-state index contributed by atoms with van der Waals surface area (Å²) in [4.78, 5) is 0. The lowest BCUT2D eigenvalue weighted by molar-refractivity contribution is 0.174. The highest BCUT2D eigenvalue weighted by molar-refractivity contribution is 5.73. The molecule has 3 aromatic rings. The summed E-state index contributed by atoms with van der Waals surface area (Å²) in [7, 11) is 0. The van der Waals surface area contributed by atoms with Crippen molar-refractivity contribution in [2.75, 3.05) is 18.7 Å². The fourth-order valence-electron chi connectivity index (χ4n) is 4.12. The number of nitrogens with one attached hydrogen (secondary N) is 1. The van der Waals surface area contributed by atoms with Gasteiger partial charge in [-0.05, 0) is 55.0 Å². The van der Waals surface area contributed by atoms with E-state index in [0.717, 1.165) is 53.6 Å². The van der Waals surface area contributed by atoms with Crippen LogP contribution in [0.2, 0.25) is 0 Å². The molecule has 5 nitrogen and oxygen atoms in total. The Hall–Kier alpha value is -2.95. The Morgan fingerprint density at radius 2 is 1.89 bits per heavy atom. The van der Waals surface area contributed by atoms with E-state index in [1.807, 2.05) is 6.07 Å². The molecule has 0 saturated heterocycles. The first-order valence-corrected chi connectivity index (χ1v) is 10.1. The molecule has 2 aliphatic rings. The number of hydrogen-bond donors (Lipinski definition) is 1. The molecule has 2 aromatic carbocycles. The molecule has 144 valence electrons. The first-order chi connectivity index (χ1) is 13.7. The van der Waals surface area contributed by atoms with Crippen molar-refractivity contribution in [2.24, 2.45) is 0 Å². The number of anilines is 1. The number of ether oxygens (including phenoxy) is 2. The molecule has 3 heterocycles. The highest BCUT2D eigenvalue weighted by Crippen LogP contribution is 2.40. The number of fused-ring (bicyclic) bond motifs is 2. The number of rotatable bonds is 3. The standard InChI is InChI=1S/C23H25N3O2/c1-15(2)17-7-3-4-9-19(17)26-23-18(8-5-6-12-24-23)22(25-26)16-10-11-20-21(13-16)28-14-27-20/h3-4,7,9-11,13,15,24H,5-6,8,12,14H2,1-2H3. The minimum atomic E-state index is 0.286. The van der Waals surface area contributed by atoms with E-state index in [9.17, 15) is 0 Å². The van der Waals surface area contributed by atoms with Crippen LogP contribution in [-0.2, 0) is 6.42 Å². The molecule has 0 saturated carbocycles. The smallest absolute Gasteiger partial charge is 0.231 e. The Bertz CT molecular complexity index is 1020. The number of benzene rings is 2. The zero-order valence-corrected chi connectivity index (χ0v) is 16.4. The van der Waals surface area contributed by atoms with Crippen LogP contribution in [0, 0.1) is 0 Å². The minimum absolute atomic E-state index is 0.286. The molecule has 0 bridgehead atoms. The Morgan fingerprint density at radius 3 is 2.79 bits per heavy atom. The van der Waals surface area contributed by atoms with Crippen LogP contribution in [0.15, 0.2) is 42.5 Å². The van der Waals surface area contributed by atoms with Gasteiger partial charge in [-0.25, -0.2) is 4.68 Å². The predicted molar refractivity (Wildman–Crippen MR) is 111 cm³/mol. The maximum Gasteiger partial charge on any atom is 0.231 e. The van der Waals surface area contributed by atoms with Gasteiger partial charge in [-0.1, -0.05) is 32.0 Å². The van der Waals surface area contributed by atoms with Crippen LogP contribution in [0.25, 0.3) is 16.9 Å². The van der Waals surface area contributed by atoms with E-state index in [1.165, 1.54) is 17.5 Å². The van der Waals surface area contributed by atoms with Crippen LogP contribution < -0.4 is 14.8 Å². The average Bonchev–Trinajstić information content (AvgIpc) is 3.24. The second-order valence-corrected chi connectivity index (χ2v) is 7.75. The van der Waals surface area contributed by atoms with Gasteiger partial charge in [-0.15, -0.1) is 0 Å². The first kappa shape index (κ1) is 17.2. The van der Waals surface area contributed by atoms with Gasteiger partial charge in [0.1, 0.15) is 5.82 Å². The second kappa shape index (κ2) is 6.89. The van der Waals surface area contributed by atoms with Gasteiger partial charge < -0.3 is 14.8 Å². The van der Waals surface area contributed by atoms with E-state index in [0.29, 0.717) is 5.92 Å². The van der Waals surface area contributed by atoms with Crippen molar-refractivity contribution in [1.29, 1.82) is 0 Å². The maximum atomic E-state index is 5.60. The summed E-state index contributed by atoms with van der Waals surface area (Å²) in [5, 5.41) is 8.75. The molecular weight excluding hydrogens is 350 g/mol. The van der Waals surface area contributed by atoms with Crippen molar-refractivity contribution in [2.45, 2.75) is 39.0 Å². The Balaban J connectivity index is 1.70. The average molecular weight is 375 g/mol. The molecule has 5 heteroatoms. The van der Waals surface area contributed by atoms with Gasteiger partial charge in [-0.2, -0.15) is 5.10 Å². The molecule has 0 unspecified atom stereocenters. The normalized spacial score (nSPS) is 15.2. The summed E-state index contributed by atoms with van der Waals surface area (Å²) in [6.45, 7) is 5.72. The van der Waals surface area contributed by atoms with Gasteiger partial charge in [0.25, 0.3) is 0 Å². The molecule has 0 atom stereocenters.